The lowest BCUT2D eigenvalue weighted by atomic mass is 10.1. The molecule has 1 aliphatic heterocycles. The number of anilines is 1. The Morgan fingerprint density at radius 3 is 2.50 bits per heavy atom. The molecule has 0 saturated carbocycles. The van der Waals surface area contributed by atoms with Gasteiger partial charge in [0.25, 0.3) is 5.91 Å². The summed E-state index contributed by atoms with van der Waals surface area (Å²) in [4.78, 5) is 13.5. The minimum atomic E-state index is -0.192. The maximum absolute atomic E-state index is 12.8. The fourth-order valence-electron chi connectivity index (χ4n) is 4.75. The third-order valence-corrected chi connectivity index (χ3v) is 7.69. The van der Waals surface area contributed by atoms with Gasteiger partial charge in [-0.25, -0.2) is 0 Å². The van der Waals surface area contributed by atoms with Crippen LogP contribution in [-0.4, -0.2) is 16.0 Å². The van der Waals surface area contributed by atoms with E-state index in [2.05, 4.69) is 119 Å². The largest absolute Gasteiger partial charge is 0.357 e. The predicted octanol–water partition coefficient (Wildman–Crippen LogP) is 7.00. The second kappa shape index (κ2) is 9.59. The summed E-state index contributed by atoms with van der Waals surface area (Å²) in [6.07, 6.45) is 5.18. The van der Waals surface area contributed by atoms with Crippen molar-refractivity contribution in [1.82, 2.24) is 9.88 Å². The van der Waals surface area contributed by atoms with E-state index in [9.17, 15) is 4.79 Å². The van der Waals surface area contributed by atoms with Gasteiger partial charge in [-0.2, -0.15) is 0 Å². The van der Waals surface area contributed by atoms with Crippen molar-refractivity contribution in [2.75, 3.05) is 5.32 Å². The molecule has 0 bridgehead atoms. The summed E-state index contributed by atoms with van der Waals surface area (Å²) in [6.45, 7) is 2.91. The lowest BCUT2D eigenvalue weighted by Gasteiger charge is -2.12. The van der Waals surface area contributed by atoms with Gasteiger partial charge in [0.15, 0.2) is 5.50 Å². The first-order valence-corrected chi connectivity index (χ1v) is 13.1. The third-order valence-electron chi connectivity index (χ3n) is 6.66. The molecule has 0 unspecified atom stereocenters. The van der Waals surface area contributed by atoms with Crippen LogP contribution < -0.4 is 10.6 Å². The lowest BCUT2D eigenvalue weighted by molar-refractivity contribution is -0.116. The van der Waals surface area contributed by atoms with Gasteiger partial charge in [0.1, 0.15) is 0 Å². The lowest BCUT2D eigenvalue weighted by Crippen LogP contribution is -2.30. The number of nitrogens with zero attached hydrogens (tertiary/aromatic N) is 1. The number of aryl methyl sites for hydroxylation is 1. The molecule has 0 spiro atoms. The van der Waals surface area contributed by atoms with Gasteiger partial charge in [-0.15, -0.1) is 0 Å². The zero-order valence-corrected chi connectivity index (χ0v) is 20.9. The summed E-state index contributed by atoms with van der Waals surface area (Å²) in [5, 5.41) is 10.1. The molecule has 2 N–H and O–H groups in total. The van der Waals surface area contributed by atoms with Crippen molar-refractivity contribution in [1.29, 1.82) is 0 Å². The van der Waals surface area contributed by atoms with Crippen LogP contribution >= 0.6 is 11.8 Å². The molecule has 1 aliphatic rings. The van der Waals surface area contributed by atoms with Gasteiger partial charge in [-0.3, -0.25) is 4.79 Å². The Morgan fingerprint density at radius 1 is 0.917 bits per heavy atom. The maximum Gasteiger partial charge on any atom is 0.260 e. The molecule has 5 heteroatoms. The van der Waals surface area contributed by atoms with Gasteiger partial charge in [-0.1, -0.05) is 85.4 Å². The molecule has 5 aromatic rings. The number of hydrogen-bond donors (Lipinski definition) is 2. The van der Waals surface area contributed by atoms with Crippen molar-refractivity contribution < 1.29 is 4.79 Å². The first-order chi connectivity index (χ1) is 17.7. The average Bonchev–Trinajstić information content (AvgIpc) is 3.43. The fourth-order valence-corrected chi connectivity index (χ4v) is 5.73. The number of benzene rings is 4. The van der Waals surface area contributed by atoms with Crippen LogP contribution in [0.15, 0.2) is 102 Å². The summed E-state index contributed by atoms with van der Waals surface area (Å²) in [7, 11) is 0. The van der Waals surface area contributed by atoms with Crippen molar-refractivity contribution >= 4 is 51.1 Å². The number of amides is 1. The standard InChI is InChI=1S/C31H27N3OS/c1-2-21-12-15-26(16-13-21)32-31-33-30(35)29(36-31)18-25-20-34(28-10-6-5-9-27(25)28)19-22-11-14-23-7-3-4-8-24(23)17-22/h3-18,20,31-32H,2,19H2,1H3,(H,33,35)/b29-18-/t31-/m1/s1. The summed E-state index contributed by atoms with van der Waals surface area (Å²) < 4.78 is 2.27. The molecule has 0 radical (unpaired) electrons. The molecule has 0 aliphatic carbocycles. The Labute approximate surface area is 215 Å². The molecule has 1 saturated heterocycles. The number of carbonyl (C=O) groups excluding carboxylic acids is 1. The molecule has 2 heterocycles. The van der Waals surface area contributed by atoms with E-state index in [0.717, 1.165) is 35.1 Å². The van der Waals surface area contributed by atoms with Crippen molar-refractivity contribution in [3.8, 4) is 0 Å². The highest BCUT2D eigenvalue weighted by Crippen LogP contribution is 2.33. The van der Waals surface area contributed by atoms with Gasteiger partial charge in [0, 0.05) is 34.9 Å². The molecule has 1 atom stereocenters. The number of rotatable bonds is 6. The number of para-hydroxylation sites is 1. The first kappa shape index (κ1) is 22.5. The van der Waals surface area contributed by atoms with Crippen LogP contribution in [0, 0.1) is 0 Å². The van der Waals surface area contributed by atoms with Crippen LogP contribution in [0.25, 0.3) is 27.8 Å². The number of thioether (sulfide) groups is 1. The summed E-state index contributed by atoms with van der Waals surface area (Å²) in [6, 6.07) is 31.8. The first-order valence-electron chi connectivity index (χ1n) is 12.3. The van der Waals surface area contributed by atoms with E-state index in [4.69, 9.17) is 0 Å². The zero-order chi connectivity index (χ0) is 24.5. The Kier molecular flexibility index (Phi) is 5.99. The molecular weight excluding hydrogens is 462 g/mol. The van der Waals surface area contributed by atoms with Crippen molar-refractivity contribution in [3.63, 3.8) is 0 Å². The van der Waals surface area contributed by atoms with Gasteiger partial charge < -0.3 is 15.2 Å². The molecule has 178 valence electrons. The highest BCUT2D eigenvalue weighted by molar-refractivity contribution is 8.05. The third kappa shape index (κ3) is 4.50. The van der Waals surface area contributed by atoms with Crippen molar-refractivity contribution in [2.24, 2.45) is 0 Å². The summed E-state index contributed by atoms with van der Waals surface area (Å²) >= 11 is 1.52. The molecular formula is C31H27N3OS. The van der Waals surface area contributed by atoms with Crippen LogP contribution in [0.5, 0.6) is 0 Å². The second-order valence-corrected chi connectivity index (χ2v) is 10.2. The topological polar surface area (TPSA) is 46.1 Å². The minimum Gasteiger partial charge on any atom is -0.357 e. The molecule has 36 heavy (non-hydrogen) atoms. The Balaban J connectivity index is 1.26. The Morgan fingerprint density at radius 2 is 1.67 bits per heavy atom. The minimum absolute atomic E-state index is 0.0472. The number of nitrogens with one attached hydrogen (secondary N) is 2. The number of carbonyl (C=O) groups is 1. The van der Waals surface area contributed by atoms with Gasteiger partial charge in [0.05, 0.1) is 4.91 Å². The van der Waals surface area contributed by atoms with E-state index in [1.165, 1.54) is 33.7 Å². The van der Waals surface area contributed by atoms with Crippen LogP contribution in [0.1, 0.15) is 23.6 Å². The van der Waals surface area contributed by atoms with Crippen LogP contribution in [0.3, 0.4) is 0 Å². The monoisotopic (exact) mass is 489 g/mol. The SMILES string of the molecule is CCc1ccc(N[C@@H]2NC(=O)/C(=C/c3cn(Cc4ccc5ccccc5c4)c4ccccc34)S2)cc1. The van der Waals surface area contributed by atoms with Crippen LogP contribution in [0.4, 0.5) is 5.69 Å². The van der Waals surface area contributed by atoms with Crippen molar-refractivity contribution in [3.05, 3.63) is 119 Å². The summed E-state index contributed by atoms with van der Waals surface area (Å²) in [5.74, 6) is -0.0472. The van der Waals surface area contributed by atoms with E-state index in [1.807, 2.05) is 6.08 Å². The van der Waals surface area contributed by atoms with Crippen molar-refractivity contribution in [2.45, 2.75) is 25.4 Å². The molecule has 6 rings (SSSR count). The molecule has 4 aromatic carbocycles. The highest BCUT2D eigenvalue weighted by Gasteiger charge is 2.27. The highest BCUT2D eigenvalue weighted by atomic mass is 32.2. The summed E-state index contributed by atoms with van der Waals surface area (Å²) in [5.41, 5.74) is 5.56. The quantitative estimate of drug-likeness (QED) is 0.252. The van der Waals surface area contributed by atoms with Gasteiger partial charge in [0.2, 0.25) is 0 Å². The fraction of sp³-hybridized carbons (Fsp3) is 0.129. The van der Waals surface area contributed by atoms with Crippen LogP contribution in [-0.2, 0) is 17.8 Å². The van der Waals surface area contributed by atoms with E-state index in [1.54, 1.807) is 0 Å². The average molecular weight is 490 g/mol. The zero-order valence-electron chi connectivity index (χ0n) is 20.1. The molecule has 1 amide bonds. The van der Waals surface area contributed by atoms with E-state index in [0.29, 0.717) is 4.91 Å². The van der Waals surface area contributed by atoms with Crippen LogP contribution in [0.2, 0.25) is 0 Å². The van der Waals surface area contributed by atoms with Gasteiger partial charge >= 0.3 is 0 Å². The Bertz CT molecular complexity index is 1600. The Hall–Kier alpha value is -3.96. The number of aromatic nitrogens is 1. The smallest absolute Gasteiger partial charge is 0.260 e. The molecule has 1 fully saturated rings. The maximum atomic E-state index is 12.8. The molecule has 1 aromatic heterocycles. The number of fused-ring (bicyclic) bond motifs is 2. The molecule has 4 nitrogen and oxygen atoms in total. The second-order valence-electron chi connectivity index (χ2n) is 9.09. The van der Waals surface area contributed by atoms with E-state index >= 15 is 0 Å². The van der Waals surface area contributed by atoms with Gasteiger partial charge in [-0.05, 0) is 58.7 Å². The number of hydrogen-bond acceptors (Lipinski definition) is 3. The van der Waals surface area contributed by atoms with E-state index in [-0.39, 0.29) is 11.4 Å². The van der Waals surface area contributed by atoms with E-state index < -0.39 is 0 Å². The normalized spacial score (nSPS) is 16.6. The predicted molar refractivity (Wildman–Crippen MR) is 152 cm³/mol.